The summed E-state index contributed by atoms with van der Waals surface area (Å²) in [5.41, 5.74) is 5.58. The third-order valence-corrected chi connectivity index (χ3v) is 15.6. The van der Waals surface area contributed by atoms with Crippen LogP contribution in [0.25, 0.3) is 0 Å². The van der Waals surface area contributed by atoms with E-state index in [1.165, 1.54) is 47.7 Å². The van der Waals surface area contributed by atoms with E-state index in [1.807, 2.05) is 63.2 Å². The quantitative estimate of drug-likeness (QED) is 0.0224. The molecule has 4 aromatic rings. The molecule has 1 heterocycles. The molecule has 0 saturated carbocycles. The zero-order chi connectivity index (χ0) is 54.9. The topological polar surface area (TPSA) is 253 Å². The molecule has 4 atom stereocenters. The number of nitrogens with two attached hydrogens (primary N) is 1. The van der Waals surface area contributed by atoms with E-state index in [1.54, 1.807) is 44.2 Å². The highest BCUT2D eigenvalue weighted by Gasteiger charge is 2.55. The average molecular weight is 1060 g/mol. The minimum Gasteiger partial charge on any atom is -0.493 e. The standard InChI is InChI=1S/C56H75N5O13S/c1-8-55(4,5)51(64)52(65)61-30-13-12-28-56(61,53(66)67)45(26-20-40-21-27-48(71-6)49(33-40)72-7)41-18-14-19-43(34-41)74-37-50(63)58-29-15-31-73-54(68)59-46(32-39-16-10-9-11-17-39)47(62)36-60(35-38(2)3)75(69,70)44-24-22-42(57)23-25-44/h9-11,14,16-19,21-25,27,33-34,38,45-47,62H,8,12-13,15,20,26,28-32,35-37,57H2,1-7H3,(H,58,63)(H,59,68)(H,66,67)/t45-,46+,47-,56+/m1/s1. The van der Waals surface area contributed by atoms with Gasteiger partial charge in [0.1, 0.15) is 11.3 Å². The van der Waals surface area contributed by atoms with Gasteiger partial charge in [-0.05, 0) is 123 Å². The van der Waals surface area contributed by atoms with Crippen molar-refractivity contribution in [1.29, 1.82) is 0 Å². The molecule has 5 rings (SSSR count). The summed E-state index contributed by atoms with van der Waals surface area (Å²) in [5.74, 6) is -2.79. The number of aliphatic carboxylic acids is 1. The van der Waals surface area contributed by atoms with Crippen LogP contribution in [-0.2, 0) is 46.8 Å². The Balaban J connectivity index is 1.24. The van der Waals surface area contributed by atoms with E-state index >= 15 is 0 Å². The van der Waals surface area contributed by atoms with Crippen molar-refractivity contribution in [3.05, 3.63) is 114 Å². The monoisotopic (exact) mass is 1060 g/mol. The Bertz CT molecular complexity index is 2670. The normalized spacial score (nSPS) is 16.1. The number of carbonyl (C=O) groups is 5. The molecular formula is C56H75N5O13S. The molecule has 1 aliphatic heterocycles. The number of ether oxygens (including phenoxy) is 4. The maximum absolute atomic E-state index is 14.2. The number of nitrogens with zero attached hydrogens (tertiary/aromatic N) is 2. The zero-order valence-electron chi connectivity index (χ0n) is 44.2. The number of hydrogen-bond donors (Lipinski definition) is 5. The van der Waals surface area contributed by atoms with E-state index in [-0.39, 0.29) is 75.0 Å². The van der Waals surface area contributed by atoms with Gasteiger partial charge in [-0.25, -0.2) is 18.0 Å². The smallest absolute Gasteiger partial charge is 0.407 e. The minimum absolute atomic E-state index is 0.0200. The molecule has 0 radical (unpaired) electrons. The van der Waals surface area contributed by atoms with Crippen LogP contribution in [-0.4, -0.2) is 129 Å². The lowest BCUT2D eigenvalue weighted by Crippen LogP contribution is -2.64. The van der Waals surface area contributed by atoms with Crippen LogP contribution in [0, 0.1) is 11.3 Å². The number of nitrogen functional groups attached to an aromatic ring is 1. The fourth-order valence-electron chi connectivity index (χ4n) is 9.25. The van der Waals surface area contributed by atoms with Gasteiger partial charge in [-0.3, -0.25) is 14.4 Å². The van der Waals surface area contributed by atoms with Crippen LogP contribution < -0.4 is 30.6 Å². The Kier molecular flexibility index (Phi) is 21.5. The SMILES string of the molecule is CCC(C)(C)C(=O)C(=O)N1CCCC[C@@]1(C(=O)O)[C@H](CCc1ccc(OC)c(OC)c1)c1cccc(OCC(=O)NCCCOC(=O)N[C@@H](Cc2ccccc2)[C@H](O)CN(CC(C)C)S(=O)(=O)c2ccc(N)cc2)c1. The highest BCUT2D eigenvalue weighted by molar-refractivity contribution is 7.89. The Morgan fingerprint density at radius 2 is 1.59 bits per heavy atom. The number of aliphatic hydroxyl groups is 1. The number of hydrogen-bond acceptors (Lipinski definition) is 13. The van der Waals surface area contributed by atoms with E-state index in [0.717, 1.165) is 11.1 Å². The molecule has 0 aromatic heterocycles. The number of methoxy groups -OCH3 is 2. The lowest BCUT2D eigenvalue weighted by molar-refractivity contribution is -0.168. The number of likely N-dealkylation sites (tertiary alicyclic amines) is 1. The summed E-state index contributed by atoms with van der Waals surface area (Å²) in [4.78, 5) is 69.3. The number of nitrogens with one attached hydrogen (secondary N) is 2. The third kappa shape index (κ3) is 15.7. The molecule has 1 fully saturated rings. The van der Waals surface area contributed by atoms with Crippen molar-refractivity contribution in [2.45, 2.75) is 114 Å². The van der Waals surface area contributed by atoms with Gasteiger partial charge in [0.15, 0.2) is 18.1 Å². The summed E-state index contributed by atoms with van der Waals surface area (Å²) >= 11 is 0. The molecule has 408 valence electrons. The first-order valence-electron chi connectivity index (χ1n) is 25.5. The predicted molar refractivity (Wildman–Crippen MR) is 284 cm³/mol. The molecule has 0 spiro atoms. The van der Waals surface area contributed by atoms with Gasteiger partial charge in [0.05, 0.1) is 37.9 Å². The van der Waals surface area contributed by atoms with Gasteiger partial charge < -0.3 is 50.4 Å². The Labute approximate surface area is 441 Å². The van der Waals surface area contributed by atoms with Crippen molar-refractivity contribution >= 4 is 45.4 Å². The van der Waals surface area contributed by atoms with Crippen LogP contribution in [0.4, 0.5) is 10.5 Å². The van der Waals surface area contributed by atoms with Gasteiger partial charge in [0.2, 0.25) is 15.8 Å². The number of carbonyl (C=O) groups excluding carboxylic acids is 4. The molecule has 18 nitrogen and oxygen atoms in total. The van der Waals surface area contributed by atoms with Gasteiger partial charge in [0.25, 0.3) is 11.8 Å². The van der Waals surface area contributed by atoms with E-state index < -0.39 is 75.3 Å². The maximum atomic E-state index is 14.2. The fourth-order valence-corrected chi connectivity index (χ4v) is 10.9. The average Bonchev–Trinajstić information content (AvgIpc) is 3.39. The Morgan fingerprint density at radius 3 is 2.24 bits per heavy atom. The summed E-state index contributed by atoms with van der Waals surface area (Å²) < 4.78 is 51.1. The number of benzene rings is 4. The van der Waals surface area contributed by atoms with Gasteiger partial charge in [0, 0.05) is 43.2 Å². The number of rotatable bonds is 28. The summed E-state index contributed by atoms with van der Waals surface area (Å²) in [5, 5.41) is 28.3. The molecule has 6 N–H and O–H groups in total. The maximum Gasteiger partial charge on any atom is 0.407 e. The third-order valence-electron chi connectivity index (χ3n) is 13.8. The number of carboxylic acids is 1. The number of piperidine rings is 1. The first-order valence-corrected chi connectivity index (χ1v) is 26.9. The Morgan fingerprint density at radius 1 is 0.880 bits per heavy atom. The highest BCUT2D eigenvalue weighted by atomic mass is 32.2. The second kappa shape index (κ2) is 27.2. The number of ketones is 1. The summed E-state index contributed by atoms with van der Waals surface area (Å²) in [6.07, 6.45) is 0.367. The van der Waals surface area contributed by atoms with Crippen LogP contribution in [0.15, 0.2) is 102 Å². The molecule has 1 aliphatic rings. The molecule has 1 saturated heterocycles. The van der Waals surface area contributed by atoms with Crippen LogP contribution in [0.5, 0.6) is 17.2 Å². The first-order chi connectivity index (χ1) is 35.7. The zero-order valence-corrected chi connectivity index (χ0v) is 45.0. The number of amides is 3. The summed E-state index contributed by atoms with van der Waals surface area (Å²) in [7, 11) is -0.990. The molecule has 75 heavy (non-hydrogen) atoms. The Hall–Kier alpha value is -6.70. The van der Waals surface area contributed by atoms with Crippen molar-refractivity contribution in [2.24, 2.45) is 11.3 Å². The molecule has 4 aromatic carbocycles. The van der Waals surface area contributed by atoms with E-state index in [2.05, 4.69) is 10.6 Å². The van der Waals surface area contributed by atoms with E-state index in [0.29, 0.717) is 48.4 Å². The second-order valence-electron chi connectivity index (χ2n) is 20.0. The molecule has 0 bridgehead atoms. The number of alkyl carbamates (subject to hydrolysis) is 1. The van der Waals surface area contributed by atoms with Crippen LogP contribution in [0.3, 0.4) is 0 Å². The molecule has 0 aliphatic carbocycles. The van der Waals surface area contributed by atoms with Crippen LogP contribution in [0.1, 0.15) is 95.8 Å². The summed E-state index contributed by atoms with van der Waals surface area (Å²) in [6.45, 7) is 8.38. The molecule has 19 heteroatoms. The molecule has 0 unspecified atom stereocenters. The van der Waals surface area contributed by atoms with Gasteiger partial charge in [-0.15, -0.1) is 0 Å². The summed E-state index contributed by atoms with van der Waals surface area (Å²) in [6, 6.07) is 26.2. The fraction of sp³-hybridized carbons (Fsp3) is 0.482. The lowest BCUT2D eigenvalue weighted by atomic mass is 9.69. The number of aliphatic hydroxyl groups excluding tert-OH is 1. The molecular weight excluding hydrogens is 983 g/mol. The number of sulfonamides is 1. The van der Waals surface area contributed by atoms with Crippen molar-refractivity contribution in [2.75, 3.05) is 59.3 Å². The molecule has 3 amide bonds. The number of aryl methyl sites for hydroxylation is 1. The second-order valence-corrected chi connectivity index (χ2v) is 21.9. The number of Topliss-reactive ketones (excluding diaryl/α,β-unsaturated/α-hetero) is 1. The van der Waals surface area contributed by atoms with Crippen molar-refractivity contribution in [3.63, 3.8) is 0 Å². The van der Waals surface area contributed by atoms with Crippen molar-refractivity contribution in [1.82, 2.24) is 19.8 Å². The van der Waals surface area contributed by atoms with Crippen molar-refractivity contribution in [3.8, 4) is 17.2 Å². The van der Waals surface area contributed by atoms with E-state index in [9.17, 15) is 42.6 Å². The lowest BCUT2D eigenvalue weighted by Gasteiger charge is -2.49. The van der Waals surface area contributed by atoms with E-state index in [4.69, 9.17) is 24.7 Å². The van der Waals surface area contributed by atoms with Gasteiger partial charge >= 0.3 is 12.1 Å². The first kappa shape index (κ1) is 59.2. The van der Waals surface area contributed by atoms with Crippen LogP contribution in [0.2, 0.25) is 0 Å². The van der Waals surface area contributed by atoms with Gasteiger partial charge in [-0.1, -0.05) is 83.1 Å². The largest absolute Gasteiger partial charge is 0.493 e. The van der Waals surface area contributed by atoms with Crippen LogP contribution >= 0.6 is 0 Å². The minimum atomic E-state index is -4.05. The van der Waals surface area contributed by atoms with Crippen molar-refractivity contribution < 1.29 is 61.6 Å². The van der Waals surface area contributed by atoms with Gasteiger partial charge in [-0.2, -0.15) is 4.31 Å². The number of anilines is 1. The predicted octanol–water partition coefficient (Wildman–Crippen LogP) is 6.77. The number of carboxylic acid groups (broad SMARTS) is 1. The highest BCUT2D eigenvalue weighted by Crippen LogP contribution is 2.45.